The summed E-state index contributed by atoms with van der Waals surface area (Å²) in [6.07, 6.45) is 5.26. The predicted molar refractivity (Wildman–Crippen MR) is 123 cm³/mol. The highest BCUT2D eigenvalue weighted by Gasteiger charge is 2.28. The standard InChI is InChI=1S/C24H27Cl2FN2O3/c1-16(24(31)28-20-5-3-2-4-6-20)29(14-17-7-10-19(27)11-8-17)23(30)15-32-22-12-9-18(25)13-21(22)26/h7-13,16,20H,2-6,14-15H2,1H3,(H,28,31). The summed E-state index contributed by atoms with van der Waals surface area (Å²) in [7, 11) is 0. The summed E-state index contributed by atoms with van der Waals surface area (Å²) in [6.45, 7) is 1.54. The van der Waals surface area contributed by atoms with E-state index in [1.807, 2.05) is 0 Å². The smallest absolute Gasteiger partial charge is 0.261 e. The minimum atomic E-state index is -0.723. The van der Waals surface area contributed by atoms with Gasteiger partial charge in [0.1, 0.15) is 17.6 Å². The molecule has 3 rings (SSSR count). The Morgan fingerprint density at radius 3 is 2.47 bits per heavy atom. The van der Waals surface area contributed by atoms with Crippen molar-refractivity contribution >= 4 is 35.0 Å². The first-order valence-electron chi connectivity index (χ1n) is 10.8. The molecule has 0 bridgehead atoms. The number of nitrogens with one attached hydrogen (secondary N) is 1. The van der Waals surface area contributed by atoms with Crippen LogP contribution in [0, 0.1) is 5.82 Å². The third-order valence-corrected chi connectivity index (χ3v) is 6.16. The molecule has 1 atom stereocenters. The van der Waals surface area contributed by atoms with Crippen LogP contribution in [0.3, 0.4) is 0 Å². The molecule has 1 saturated carbocycles. The molecule has 2 amide bonds. The zero-order valence-electron chi connectivity index (χ0n) is 18.0. The third kappa shape index (κ3) is 6.84. The Morgan fingerprint density at radius 2 is 1.81 bits per heavy atom. The van der Waals surface area contributed by atoms with E-state index in [0.29, 0.717) is 21.4 Å². The van der Waals surface area contributed by atoms with E-state index in [9.17, 15) is 14.0 Å². The van der Waals surface area contributed by atoms with E-state index < -0.39 is 6.04 Å². The van der Waals surface area contributed by atoms with Gasteiger partial charge in [-0.15, -0.1) is 0 Å². The second-order valence-electron chi connectivity index (χ2n) is 8.03. The number of hydrogen-bond acceptors (Lipinski definition) is 3. The van der Waals surface area contributed by atoms with E-state index in [-0.39, 0.29) is 36.8 Å². The predicted octanol–water partition coefficient (Wildman–Crippen LogP) is 5.38. The summed E-state index contributed by atoms with van der Waals surface area (Å²) in [5, 5.41) is 3.82. The zero-order valence-corrected chi connectivity index (χ0v) is 19.5. The summed E-state index contributed by atoms with van der Waals surface area (Å²) in [6, 6.07) is 9.98. The van der Waals surface area contributed by atoms with Gasteiger partial charge in [0, 0.05) is 17.6 Å². The normalized spacial score (nSPS) is 15.1. The number of halogens is 3. The molecular formula is C24H27Cl2FN2O3. The molecule has 1 fully saturated rings. The second-order valence-corrected chi connectivity index (χ2v) is 8.87. The van der Waals surface area contributed by atoms with Crippen LogP contribution in [-0.4, -0.2) is 35.4 Å². The van der Waals surface area contributed by atoms with Crippen molar-refractivity contribution in [3.05, 3.63) is 63.9 Å². The topological polar surface area (TPSA) is 58.6 Å². The molecule has 1 N–H and O–H groups in total. The monoisotopic (exact) mass is 480 g/mol. The maximum Gasteiger partial charge on any atom is 0.261 e. The van der Waals surface area contributed by atoms with Gasteiger partial charge in [-0.2, -0.15) is 0 Å². The van der Waals surface area contributed by atoms with Gasteiger partial charge in [0.15, 0.2) is 6.61 Å². The molecule has 0 saturated heterocycles. The van der Waals surface area contributed by atoms with Crippen molar-refractivity contribution in [2.45, 2.75) is 57.7 Å². The third-order valence-electron chi connectivity index (χ3n) is 5.63. The molecular weight excluding hydrogens is 454 g/mol. The fourth-order valence-corrected chi connectivity index (χ4v) is 4.22. The first kappa shape index (κ1) is 24.3. The fourth-order valence-electron chi connectivity index (χ4n) is 3.75. The van der Waals surface area contributed by atoms with Crippen molar-refractivity contribution in [2.75, 3.05) is 6.61 Å². The molecule has 2 aromatic rings. The average Bonchev–Trinajstić information content (AvgIpc) is 2.78. The van der Waals surface area contributed by atoms with Gasteiger partial charge >= 0.3 is 0 Å². The van der Waals surface area contributed by atoms with Gasteiger partial charge in [-0.3, -0.25) is 9.59 Å². The number of nitrogens with zero attached hydrogens (tertiary/aromatic N) is 1. The van der Waals surface area contributed by atoms with Crippen LogP contribution in [0.5, 0.6) is 5.75 Å². The lowest BCUT2D eigenvalue weighted by Gasteiger charge is -2.31. The van der Waals surface area contributed by atoms with Crippen molar-refractivity contribution in [1.29, 1.82) is 0 Å². The number of ether oxygens (including phenoxy) is 1. The SMILES string of the molecule is CC(C(=O)NC1CCCCC1)N(Cc1ccc(F)cc1)C(=O)COc1ccc(Cl)cc1Cl. The Balaban J connectivity index is 1.71. The highest BCUT2D eigenvalue weighted by atomic mass is 35.5. The Bertz CT molecular complexity index is 933. The first-order chi connectivity index (χ1) is 15.3. The van der Waals surface area contributed by atoms with Gasteiger partial charge in [0.2, 0.25) is 5.91 Å². The largest absolute Gasteiger partial charge is 0.482 e. The molecule has 1 aliphatic carbocycles. The van der Waals surface area contributed by atoms with Crippen molar-refractivity contribution in [3.8, 4) is 5.75 Å². The van der Waals surface area contributed by atoms with E-state index in [4.69, 9.17) is 27.9 Å². The van der Waals surface area contributed by atoms with Crippen molar-refractivity contribution in [1.82, 2.24) is 10.2 Å². The van der Waals surface area contributed by atoms with Crippen LogP contribution in [0.2, 0.25) is 10.0 Å². The lowest BCUT2D eigenvalue weighted by Crippen LogP contribution is -2.51. The first-order valence-corrected chi connectivity index (χ1v) is 11.5. The molecule has 172 valence electrons. The van der Waals surface area contributed by atoms with Crippen LogP contribution in [0.25, 0.3) is 0 Å². The summed E-state index contributed by atoms with van der Waals surface area (Å²) < 4.78 is 18.9. The molecule has 0 aliphatic heterocycles. The van der Waals surface area contributed by atoms with Crippen LogP contribution < -0.4 is 10.1 Å². The van der Waals surface area contributed by atoms with E-state index in [1.54, 1.807) is 31.2 Å². The number of carbonyl (C=O) groups is 2. The Hall–Kier alpha value is -2.31. The minimum absolute atomic E-state index is 0.130. The summed E-state index contributed by atoms with van der Waals surface area (Å²) >= 11 is 12.0. The Labute approximate surface area is 197 Å². The summed E-state index contributed by atoms with van der Waals surface area (Å²) in [5.74, 6) is -0.635. The molecule has 1 aliphatic rings. The van der Waals surface area contributed by atoms with Crippen molar-refractivity contribution in [3.63, 3.8) is 0 Å². The average molecular weight is 481 g/mol. The zero-order chi connectivity index (χ0) is 23.1. The lowest BCUT2D eigenvalue weighted by atomic mass is 9.95. The minimum Gasteiger partial charge on any atom is -0.482 e. The van der Waals surface area contributed by atoms with Crippen LogP contribution in [0.4, 0.5) is 4.39 Å². The molecule has 2 aromatic carbocycles. The molecule has 32 heavy (non-hydrogen) atoms. The van der Waals surface area contributed by atoms with Crippen LogP contribution >= 0.6 is 23.2 Å². The summed E-state index contributed by atoms with van der Waals surface area (Å²) in [5.41, 5.74) is 0.710. The molecule has 0 aromatic heterocycles. The van der Waals surface area contributed by atoms with Crippen LogP contribution in [0.15, 0.2) is 42.5 Å². The quantitative estimate of drug-likeness (QED) is 0.551. The molecule has 0 spiro atoms. The number of carbonyl (C=O) groups excluding carboxylic acids is 2. The van der Waals surface area contributed by atoms with Gasteiger partial charge in [-0.1, -0.05) is 54.6 Å². The van der Waals surface area contributed by atoms with Crippen molar-refractivity contribution < 1.29 is 18.7 Å². The van der Waals surface area contributed by atoms with Crippen molar-refractivity contribution in [2.24, 2.45) is 0 Å². The lowest BCUT2D eigenvalue weighted by molar-refractivity contribution is -0.142. The molecule has 0 heterocycles. The van der Waals surface area contributed by atoms with E-state index in [1.165, 1.54) is 29.5 Å². The van der Waals surface area contributed by atoms with Gasteiger partial charge in [0.05, 0.1) is 5.02 Å². The molecule has 0 radical (unpaired) electrons. The van der Waals surface area contributed by atoms with Gasteiger partial charge < -0.3 is 15.0 Å². The maximum absolute atomic E-state index is 13.3. The maximum atomic E-state index is 13.3. The van der Waals surface area contributed by atoms with Gasteiger partial charge in [0.25, 0.3) is 5.91 Å². The molecule has 1 unspecified atom stereocenters. The number of hydrogen-bond donors (Lipinski definition) is 1. The highest BCUT2D eigenvalue weighted by molar-refractivity contribution is 6.35. The second kappa shape index (κ2) is 11.5. The number of amides is 2. The van der Waals surface area contributed by atoms with Gasteiger partial charge in [-0.25, -0.2) is 4.39 Å². The Morgan fingerprint density at radius 1 is 1.12 bits per heavy atom. The van der Waals surface area contributed by atoms with Crippen LogP contribution in [-0.2, 0) is 16.1 Å². The van der Waals surface area contributed by atoms with E-state index >= 15 is 0 Å². The van der Waals surface area contributed by atoms with E-state index in [2.05, 4.69) is 5.32 Å². The Kier molecular flexibility index (Phi) is 8.76. The molecule has 5 nitrogen and oxygen atoms in total. The molecule has 8 heteroatoms. The van der Waals surface area contributed by atoms with Gasteiger partial charge in [-0.05, 0) is 55.7 Å². The number of rotatable bonds is 8. The summed E-state index contributed by atoms with van der Waals surface area (Å²) in [4.78, 5) is 27.4. The van der Waals surface area contributed by atoms with E-state index in [0.717, 1.165) is 25.7 Å². The number of benzene rings is 2. The highest BCUT2D eigenvalue weighted by Crippen LogP contribution is 2.27. The fraction of sp³-hybridized carbons (Fsp3) is 0.417. The van der Waals surface area contributed by atoms with Crippen LogP contribution in [0.1, 0.15) is 44.6 Å².